The van der Waals surface area contributed by atoms with Crippen LogP contribution in [0.15, 0.2) is 30.4 Å². The van der Waals surface area contributed by atoms with E-state index in [0.717, 1.165) is 17.1 Å². The Labute approximate surface area is 131 Å². The van der Waals surface area contributed by atoms with Crippen LogP contribution in [-0.4, -0.2) is 18.3 Å². The van der Waals surface area contributed by atoms with Crippen molar-refractivity contribution in [3.63, 3.8) is 0 Å². The third kappa shape index (κ3) is 3.41. The highest BCUT2D eigenvalue weighted by molar-refractivity contribution is 6.62. The second-order valence-corrected chi connectivity index (χ2v) is 6.70. The number of halogens is 2. The van der Waals surface area contributed by atoms with Crippen molar-refractivity contribution in [2.75, 3.05) is 0 Å². The Morgan fingerprint density at radius 1 is 1.18 bits per heavy atom. The molecule has 1 atom stereocenters. The molecule has 1 saturated heterocycles. The summed E-state index contributed by atoms with van der Waals surface area (Å²) in [4.78, 5) is 0. The van der Waals surface area contributed by atoms with Gasteiger partial charge in [0, 0.05) is 0 Å². The van der Waals surface area contributed by atoms with Crippen LogP contribution in [0.3, 0.4) is 0 Å². The highest BCUT2D eigenvalue weighted by Crippen LogP contribution is 2.40. The molecule has 2 nitrogen and oxygen atoms in total. The molecule has 0 spiro atoms. The van der Waals surface area contributed by atoms with Crippen LogP contribution in [0.2, 0.25) is 0 Å². The van der Waals surface area contributed by atoms with Crippen LogP contribution in [-0.2, 0) is 9.31 Å². The van der Waals surface area contributed by atoms with Crippen molar-refractivity contribution in [3.05, 3.63) is 41.5 Å². The molecule has 0 N–H and O–H groups in total. The van der Waals surface area contributed by atoms with Crippen molar-refractivity contribution in [2.45, 2.75) is 58.7 Å². The van der Waals surface area contributed by atoms with Gasteiger partial charge in [0.05, 0.1) is 11.2 Å². The Balaban J connectivity index is 2.20. The Morgan fingerprint density at radius 3 is 2.45 bits per heavy atom. The number of aryl methyl sites for hydroxylation is 2. The first-order chi connectivity index (χ1) is 10.1. The van der Waals surface area contributed by atoms with Gasteiger partial charge in [0.2, 0.25) is 0 Å². The summed E-state index contributed by atoms with van der Waals surface area (Å²) in [5.74, 6) is 0. The summed E-state index contributed by atoms with van der Waals surface area (Å²) in [6.07, 6.45) is 0.0466. The first-order valence-electron chi connectivity index (χ1n) is 7.58. The van der Waals surface area contributed by atoms with E-state index < -0.39 is 24.4 Å². The average molecular weight is 308 g/mol. The predicted octanol–water partition coefficient (Wildman–Crippen LogP) is 4.14. The summed E-state index contributed by atoms with van der Waals surface area (Å²) in [6, 6.07) is 6.13. The van der Waals surface area contributed by atoms with Gasteiger partial charge in [-0.3, -0.25) is 0 Å². The molecule has 120 valence electrons. The Morgan fingerprint density at radius 2 is 1.86 bits per heavy atom. The second kappa shape index (κ2) is 6.13. The van der Waals surface area contributed by atoms with Crippen LogP contribution in [0, 0.1) is 13.8 Å². The van der Waals surface area contributed by atoms with Gasteiger partial charge in [0.1, 0.15) is 0 Å². The van der Waals surface area contributed by atoms with Gasteiger partial charge in [-0.2, -0.15) is 8.78 Å². The van der Waals surface area contributed by atoms with Crippen LogP contribution in [0.1, 0.15) is 44.7 Å². The maximum Gasteiger partial charge on any atom is 0.495 e. The van der Waals surface area contributed by atoms with Crippen molar-refractivity contribution < 1.29 is 18.1 Å². The largest absolute Gasteiger partial charge is 0.495 e. The van der Waals surface area contributed by atoms with Gasteiger partial charge in [-0.15, -0.1) is 0 Å². The smallest absolute Gasteiger partial charge is 0.399 e. The molecule has 2 rings (SSSR count). The zero-order valence-corrected chi connectivity index (χ0v) is 13.9. The zero-order chi connectivity index (χ0) is 16.5. The molecule has 1 aliphatic heterocycles. The molecular weight excluding hydrogens is 285 g/mol. The van der Waals surface area contributed by atoms with Crippen molar-refractivity contribution in [2.24, 2.45) is 0 Å². The number of rotatable bonds is 4. The quantitative estimate of drug-likeness (QED) is 0.778. The SMILES string of the molecule is Cc1ccc(B2OC(C)(C)C(C)(CCC=C(F)F)O2)c(C)c1. The molecule has 0 aromatic heterocycles. The Hall–Kier alpha value is -1.20. The standard InChI is InChI=1S/C17H23BF2O2/c1-12-8-9-14(13(2)11-12)18-21-16(3,4)17(5,22-18)10-6-7-15(19)20/h7-9,11H,6,10H2,1-5H3. The van der Waals surface area contributed by atoms with Gasteiger partial charge >= 0.3 is 7.12 Å². The lowest BCUT2D eigenvalue weighted by atomic mass is 9.76. The first kappa shape index (κ1) is 17.2. The van der Waals surface area contributed by atoms with Crippen molar-refractivity contribution in [3.8, 4) is 0 Å². The summed E-state index contributed by atoms with van der Waals surface area (Å²) in [5.41, 5.74) is 2.13. The van der Waals surface area contributed by atoms with E-state index in [2.05, 4.69) is 6.07 Å². The lowest BCUT2D eigenvalue weighted by molar-refractivity contribution is -0.0149. The summed E-state index contributed by atoms with van der Waals surface area (Å²) in [5, 5.41) is 0. The van der Waals surface area contributed by atoms with Gasteiger partial charge in [-0.1, -0.05) is 29.3 Å². The van der Waals surface area contributed by atoms with Crippen LogP contribution in [0.25, 0.3) is 0 Å². The fourth-order valence-corrected chi connectivity index (χ4v) is 2.83. The monoisotopic (exact) mass is 308 g/mol. The molecule has 1 aromatic rings. The Kier molecular flexibility index (Phi) is 4.78. The molecular formula is C17H23BF2O2. The van der Waals surface area contributed by atoms with E-state index in [4.69, 9.17) is 9.31 Å². The molecule has 5 heteroatoms. The van der Waals surface area contributed by atoms with Gasteiger partial charge in [-0.05, 0) is 59.0 Å². The Bertz CT molecular complexity index is 582. The summed E-state index contributed by atoms with van der Waals surface area (Å²) in [6.45, 7) is 9.90. The predicted molar refractivity (Wildman–Crippen MR) is 85.5 cm³/mol. The summed E-state index contributed by atoms with van der Waals surface area (Å²) in [7, 11) is -0.459. The lowest BCUT2D eigenvalue weighted by Crippen LogP contribution is -2.44. The number of hydrogen-bond acceptors (Lipinski definition) is 2. The van der Waals surface area contributed by atoms with Crippen molar-refractivity contribution >= 4 is 12.6 Å². The highest BCUT2D eigenvalue weighted by Gasteiger charge is 2.54. The molecule has 0 radical (unpaired) electrons. The normalized spacial score (nSPS) is 23.7. The van der Waals surface area contributed by atoms with E-state index in [1.54, 1.807) is 0 Å². The van der Waals surface area contributed by atoms with Crippen LogP contribution >= 0.6 is 0 Å². The van der Waals surface area contributed by atoms with Gasteiger partial charge < -0.3 is 9.31 Å². The average Bonchev–Trinajstić information content (AvgIpc) is 2.59. The third-order valence-corrected chi connectivity index (χ3v) is 4.64. The van der Waals surface area contributed by atoms with Gasteiger partial charge in [-0.25, -0.2) is 0 Å². The van der Waals surface area contributed by atoms with Crippen LogP contribution < -0.4 is 5.46 Å². The molecule has 1 fully saturated rings. The minimum atomic E-state index is -1.65. The molecule has 0 bridgehead atoms. The van der Waals surface area contributed by atoms with Crippen LogP contribution in [0.5, 0.6) is 0 Å². The van der Waals surface area contributed by atoms with E-state index >= 15 is 0 Å². The molecule has 1 heterocycles. The molecule has 1 aromatic carbocycles. The summed E-state index contributed by atoms with van der Waals surface area (Å²) >= 11 is 0. The van der Waals surface area contributed by atoms with E-state index in [-0.39, 0.29) is 6.42 Å². The topological polar surface area (TPSA) is 18.5 Å². The van der Waals surface area contributed by atoms with E-state index in [9.17, 15) is 8.78 Å². The third-order valence-electron chi connectivity index (χ3n) is 4.64. The van der Waals surface area contributed by atoms with E-state index in [1.807, 2.05) is 46.8 Å². The molecule has 0 saturated carbocycles. The van der Waals surface area contributed by atoms with E-state index in [1.165, 1.54) is 5.56 Å². The highest BCUT2D eigenvalue weighted by atomic mass is 19.3. The lowest BCUT2D eigenvalue weighted by Gasteiger charge is -2.36. The molecule has 22 heavy (non-hydrogen) atoms. The van der Waals surface area contributed by atoms with E-state index in [0.29, 0.717) is 6.42 Å². The molecule has 0 aliphatic carbocycles. The summed E-state index contributed by atoms with van der Waals surface area (Å²) < 4.78 is 36.7. The fourth-order valence-electron chi connectivity index (χ4n) is 2.83. The zero-order valence-electron chi connectivity index (χ0n) is 13.9. The van der Waals surface area contributed by atoms with Crippen molar-refractivity contribution in [1.82, 2.24) is 0 Å². The molecule has 1 unspecified atom stereocenters. The second-order valence-electron chi connectivity index (χ2n) is 6.70. The van der Waals surface area contributed by atoms with Crippen molar-refractivity contribution in [1.29, 1.82) is 0 Å². The van der Waals surface area contributed by atoms with Gasteiger partial charge in [0.15, 0.2) is 0 Å². The maximum atomic E-state index is 12.2. The van der Waals surface area contributed by atoms with Gasteiger partial charge in [0.25, 0.3) is 6.08 Å². The number of allylic oxidation sites excluding steroid dienone is 1. The minimum Gasteiger partial charge on any atom is -0.399 e. The number of benzene rings is 1. The molecule has 1 aliphatic rings. The minimum absolute atomic E-state index is 0.269. The maximum absolute atomic E-state index is 12.2. The first-order valence-corrected chi connectivity index (χ1v) is 7.58. The molecule has 0 amide bonds. The number of hydrogen-bond donors (Lipinski definition) is 0. The fraction of sp³-hybridized carbons (Fsp3) is 0.529. The van der Waals surface area contributed by atoms with Crippen LogP contribution in [0.4, 0.5) is 8.78 Å².